The molecule has 0 saturated carbocycles. The van der Waals surface area contributed by atoms with Crippen molar-refractivity contribution in [3.8, 4) is 0 Å². The third-order valence-electron chi connectivity index (χ3n) is 4.78. The van der Waals surface area contributed by atoms with Gasteiger partial charge in [-0.05, 0) is 57.7 Å². The molecule has 0 aromatic heterocycles. The van der Waals surface area contributed by atoms with Gasteiger partial charge in [0, 0.05) is 13.7 Å². The van der Waals surface area contributed by atoms with Crippen LogP contribution in [0, 0.1) is 11.2 Å². The highest BCUT2D eigenvalue weighted by Crippen LogP contribution is 2.30. The molecule has 2 N–H and O–H groups in total. The second kappa shape index (κ2) is 8.55. The number of nitrogens with zero attached hydrogens (tertiary/aromatic N) is 1. The SMILES string of the molecule is COCC1(C(=O)NCC(c2cccc(F)c2)N(C)C)CCNCC1. The number of nitrogens with one attached hydrogen (secondary N) is 2. The molecule has 0 spiro atoms. The highest BCUT2D eigenvalue weighted by Gasteiger charge is 2.39. The van der Waals surface area contributed by atoms with E-state index in [0.717, 1.165) is 31.5 Å². The van der Waals surface area contributed by atoms with Gasteiger partial charge in [0.15, 0.2) is 0 Å². The van der Waals surface area contributed by atoms with Crippen LogP contribution in [0.3, 0.4) is 0 Å². The van der Waals surface area contributed by atoms with Crippen molar-refractivity contribution >= 4 is 5.91 Å². The lowest BCUT2D eigenvalue weighted by molar-refractivity contribution is -0.136. The number of carbonyl (C=O) groups excluding carboxylic acids is 1. The Labute approximate surface area is 143 Å². The van der Waals surface area contributed by atoms with Crippen molar-refractivity contribution in [2.24, 2.45) is 5.41 Å². The molecule has 0 radical (unpaired) electrons. The zero-order chi connectivity index (χ0) is 17.6. The fourth-order valence-electron chi connectivity index (χ4n) is 3.31. The van der Waals surface area contributed by atoms with Gasteiger partial charge in [0.05, 0.1) is 18.1 Å². The Kier molecular flexibility index (Phi) is 6.71. The summed E-state index contributed by atoms with van der Waals surface area (Å²) in [7, 11) is 5.49. The summed E-state index contributed by atoms with van der Waals surface area (Å²) in [6, 6.07) is 6.45. The van der Waals surface area contributed by atoms with E-state index < -0.39 is 5.41 Å². The lowest BCUT2D eigenvalue weighted by atomic mass is 9.78. The van der Waals surface area contributed by atoms with Crippen molar-refractivity contribution in [2.75, 3.05) is 47.4 Å². The summed E-state index contributed by atoms with van der Waals surface area (Å²) in [6.07, 6.45) is 1.53. The number of amides is 1. The molecule has 24 heavy (non-hydrogen) atoms. The van der Waals surface area contributed by atoms with Crippen molar-refractivity contribution in [1.82, 2.24) is 15.5 Å². The van der Waals surface area contributed by atoms with Crippen LogP contribution in [0.5, 0.6) is 0 Å². The maximum Gasteiger partial charge on any atom is 0.228 e. The molecular formula is C18H28FN3O2. The molecule has 0 bridgehead atoms. The van der Waals surface area contributed by atoms with E-state index in [2.05, 4.69) is 10.6 Å². The Morgan fingerprint density at radius 2 is 2.12 bits per heavy atom. The smallest absolute Gasteiger partial charge is 0.228 e. The molecule has 1 saturated heterocycles. The monoisotopic (exact) mass is 337 g/mol. The number of halogens is 1. The number of carbonyl (C=O) groups is 1. The van der Waals surface area contributed by atoms with Gasteiger partial charge in [-0.1, -0.05) is 12.1 Å². The van der Waals surface area contributed by atoms with Crippen LogP contribution >= 0.6 is 0 Å². The first-order chi connectivity index (χ1) is 11.5. The topological polar surface area (TPSA) is 53.6 Å². The number of benzene rings is 1. The van der Waals surface area contributed by atoms with E-state index in [4.69, 9.17) is 4.74 Å². The van der Waals surface area contributed by atoms with Crippen LogP contribution in [-0.4, -0.2) is 58.3 Å². The third-order valence-corrected chi connectivity index (χ3v) is 4.78. The van der Waals surface area contributed by atoms with Crippen molar-refractivity contribution in [2.45, 2.75) is 18.9 Å². The average molecular weight is 337 g/mol. The van der Waals surface area contributed by atoms with E-state index >= 15 is 0 Å². The Hall–Kier alpha value is -1.50. The number of methoxy groups -OCH3 is 1. The fourth-order valence-corrected chi connectivity index (χ4v) is 3.31. The molecule has 6 heteroatoms. The molecule has 1 aromatic carbocycles. The van der Waals surface area contributed by atoms with Gasteiger partial charge in [-0.25, -0.2) is 4.39 Å². The summed E-state index contributed by atoms with van der Waals surface area (Å²) >= 11 is 0. The maximum atomic E-state index is 13.5. The van der Waals surface area contributed by atoms with Gasteiger partial charge < -0.3 is 20.3 Å². The molecule has 1 aliphatic heterocycles. The first-order valence-electron chi connectivity index (χ1n) is 8.38. The first kappa shape index (κ1) is 18.8. The van der Waals surface area contributed by atoms with Gasteiger partial charge in [0.25, 0.3) is 0 Å². The van der Waals surface area contributed by atoms with Gasteiger partial charge in [-0.3, -0.25) is 4.79 Å². The first-order valence-corrected chi connectivity index (χ1v) is 8.38. The van der Waals surface area contributed by atoms with Crippen molar-refractivity contribution in [1.29, 1.82) is 0 Å². The van der Waals surface area contributed by atoms with Crippen LogP contribution in [0.4, 0.5) is 4.39 Å². The Morgan fingerprint density at radius 3 is 2.71 bits per heavy atom. The molecule has 2 rings (SSSR count). The Bertz CT molecular complexity index is 539. The molecule has 1 fully saturated rings. The maximum absolute atomic E-state index is 13.5. The number of hydrogen-bond acceptors (Lipinski definition) is 4. The van der Waals surface area contributed by atoms with E-state index in [9.17, 15) is 9.18 Å². The van der Waals surface area contributed by atoms with E-state index in [-0.39, 0.29) is 17.8 Å². The summed E-state index contributed by atoms with van der Waals surface area (Å²) < 4.78 is 18.8. The summed E-state index contributed by atoms with van der Waals surface area (Å²) in [5, 5.41) is 6.35. The minimum absolute atomic E-state index is 0.0223. The molecule has 134 valence electrons. The lowest BCUT2D eigenvalue weighted by Gasteiger charge is -2.36. The minimum atomic E-state index is -0.473. The van der Waals surface area contributed by atoms with E-state index in [1.165, 1.54) is 12.1 Å². The number of piperidine rings is 1. The van der Waals surface area contributed by atoms with E-state index in [1.807, 2.05) is 25.1 Å². The largest absolute Gasteiger partial charge is 0.384 e. The number of likely N-dealkylation sites (N-methyl/N-ethyl adjacent to an activating group) is 1. The van der Waals surface area contributed by atoms with Gasteiger partial charge in [0.1, 0.15) is 5.82 Å². The summed E-state index contributed by atoms with van der Waals surface area (Å²) in [5.41, 5.74) is 0.380. The molecular weight excluding hydrogens is 309 g/mol. The van der Waals surface area contributed by atoms with Gasteiger partial charge >= 0.3 is 0 Å². The highest BCUT2D eigenvalue weighted by molar-refractivity contribution is 5.83. The second-order valence-corrected chi connectivity index (χ2v) is 6.71. The molecule has 5 nitrogen and oxygen atoms in total. The van der Waals surface area contributed by atoms with Crippen molar-refractivity contribution < 1.29 is 13.9 Å². The summed E-state index contributed by atoms with van der Waals surface area (Å²) in [4.78, 5) is 14.8. The zero-order valence-electron chi connectivity index (χ0n) is 14.8. The van der Waals surface area contributed by atoms with Gasteiger partial charge in [-0.15, -0.1) is 0 Å². The molecule has 1 aromatic rings. The Balaban J connectivity index is 2.06. The number of rotatable bonds is 7. The second-order valence-electron chi connectivity index (χ2n) is 6.71. The lowest BCUT2D eigenvalue weighted by Crippen LogP contribution is -2.51. The van der Waals surface area contributed by atoms with Crippen LogP contribution in [0.2, 0.25) is 0 Å². The highest BCUT2D eigenvalue weighted by atomic mass is 19.1. The van der Waals surface area contributed by atoms with Crippen LogP contribution in [0.1, 0.15) is 24.4 Å². The minimum Gasteiger partial charge on any atom is -0.384 e. The fraction of sp³-hybridized carbons (Fsp3) is 0.611. The standard InChI is InChI=1S/C18H28FN3O2/c1-22(2)16(14-5-4-6-15(19)11-14)12-21-17(23)18(13-24-3)7-9-20-10-8-18/h4-6,11,16,20H,7-10,12-13H2,1-3H3,(H,21,23). The van der Waals surface area contributed by atoms with Gasteiger partial charge in [-0.2, -0.15) is 0 Å². The number of hydrogen-bond donors (Lipinski definition) is 2. The number of ether oxygens (including phenoxy) is 1. The van der Waals surface area contributed by atoms with Crippen molar-refractivity contribution in [3.05, 3.63) is 35.6 Å². The quantitative estimate of drug-likeness (QED) is 0.793. The predicted octanol–water partition coefficient (Wildman–Crippen LogP) is 1.56. The third kappa shape index (κ3) is 4.53. The Morgan fingerprint density at radius 1 is 1.42 bits per heavy atom. The zero-order valence-corrected chi connectivity index (χ0v) is 14.8. The average Bonchev–Trinajstić information content (AvgIpc) is 2.56. The van der Waals surface area contributed by atoms with Crippen LogP contribution in [0.25, 0.3) is 0 Å². The molecule has 1 heterocycles. The normalized spacial score (nSPS) is 18.4. The van der Waals surface area contributed by atoms with Gasteiger partial charge in [0.2, 0.25) is 5.91 Å². The summed E-state index contributed by atoms with van der Waals surface area (Å²) in [5.74, 6) is -0.242. The molecule has 1 atom stereocenters. The van der Waals surface area contributed by atoms with Crippen molar-refractivity contribution in [3.63, 3.8) is 0 Å². The molecule has 1 amide bonds. The van der Waals surface area contributed by atoms with Crippen LogP contribution < -0.4 is 10.6 Å². The summed E-state index contributed by atoms with van der Waals surface area (Å²) in [6.45, 7) is 2.50. The van der Waals surface area contributed by atoms with Crippen LogP contribution in [-0.2, 0) is 9.53 Å². The van der Waals surface area contributed by atoms with Crippen LogP contribution in [0.15, 0.2) is 24.3 Å². The molecule has 1 aliphatic rings. The molecule has 0 aliphatic carbocycles. The van der Waals surface area contributed by atoms with E-state index in [1.54, 1.807) is 13.2 Å². The molecule has 1 unspecified atom stereocenters. The predicted molar refractivity (Wildman–Crippen MR) is 92.3 cm³/mol. The van der Waals surface area contributed by atoms with E-state index in [0.29, 0.717) is 13.2 Å².